The van der Waals surface area contributed by atoms with Crippen molar-refractivity contribution in [2.24, 2.45) is 0 Å². The van der Waals surface area contributed by atoms with Gasteiger partial charge in [-0.05, 0) is 45.5 Å². The van der Waals surface area contributed by atoms with Crippen LogP contribution >= 0.6 is 12.2 Å². The summed E-state index contributed by atoms with van der Waals surface area (Å²) >= 11 is 5.69. The molecule has 1 aliphatic rings. The summed E-state index contributed by atoms with van der Waals surface area (Å²) < 4.78 is 10.7. The molecule has 1 saturated heterocycles. The molecular weight excluding hydrogens is 320 g/mol. The molecule has 0 bridgehead atoms. The summed E-state index contributed by atoms with van der Waals surface area (Å²) in [5, 5.41) is 4.85. The molecule has 1 aliphatic heterocycles. The van der Waals surface area contributed by atoms with Crippen LogP contribution in [-0.2, 0) is 18.0 Å². The molecule has 1 aromatic carbocycles. The molecule has 0 N–H and O–H groups in total. The van der Waals surface area contributed by atoms with E-state index in [-0.39, 0.29) is 12.2 Å². The predicted octanol–water partition coefficient (Wildman–Crippen LogP) is 3.48. The third kappa shape index (κ3) is 3.45. The number of nitrogens with zero attached hydrogens (tertiary/aromatic N) is 4. The second-order valence-electron chi connectivity index (χ2n) is 6.60. The maximum Gasteiger partial charge on any atom is 0.199 e. The summed E-state index contributed by atoms with van der Waals surface area (Å²) in [5.41, 5.74) is 2.36. The van der Waals surface area contributed by atoms with E-state index < -0.39 is 0 Å². The Labute approximate surface area is 148 Å². The molecule has 130 valence electrons. The second kappa shape index (κ2) is 7.17. The first kappa shape index (κ1) is 17.3. The lowest BCUT2D eigenvalue weighted by Gasteiger charge is -2.34. The fraction of sp³-hybridized carbons (Fsp3) is 0.556. The lowest BCUT2D eigenvalue weighted by molar-refractivity contribution is -0.0777. The average molecular weight is 347 g/mol. The zero-order chi connectivity index (χ0) is 17.3. The average Bonchev–Trinajstić information content (AvgIpc) is 2.82. The molecule has 5 nitrogen and oxygen atoms in total. The van der Waals surface area contributed by atoms with Crippen LogP contribution in [0.2, 0.25) is 0 Å². The zero-order valence-electron chi connectivity index (χ0n) is 14.9. The smallest absolute Gasteiger partial charge is 0.199 e. The van der Waals surface area contributed by atoms with E-state index in [1.165, 1.54) is 5.56 Å². The third-order valence-corrected chi connectivity index (χ3v) is 4.89. The Kier molecular flexibility index (Phi) is 5.18. The maximum atomic E-state index is 5.82. The molecular formula is C18H26N4OS. The molecule has 0 unspecified atom stereocenters. The topological polar surface area (TPSA) is 35.2 Å². The van der Waals surface area contributed by atoms with E-state index in [1.54, 1.807) is 0 Å². The number of aromatic nitrogens is 3. The Morgan fingerprint density at radius 3 is 2.50 bits per heavy atom. The maximum absolute atomic E-state index is 5.82. The van der Waals surface area contributed by atoms with E-state index in [4.69, 9.17) is 22.1 Å². The summed E-state index contributed by atoms with van der Waals surface area (Å²) in [6, 6.07) is 8.33. The molecule has 2 atom stereocenters. The highest BCUT2D eigenvalue weighted by molar-refractivity contribution is 7.71. The van der Waals surface area contributed by atoms with Gasteiger partial charge in [-0.2, -0.15) is 5.10 Å². The molecule has 3 rings (SSSR count). The SMILES string of the molecule is CCn1c(-c2ccccc2C)nn(CN2C[C@@H](C)O[C@@H](C)C2)c1=S. The van der Waals surface area contributed by atoms with Gasteiger partial charge in [0.05, 0.1) is 18.9 Å². The number of hydrogen-bond acceptors (Lipinski definition) is 4. The highest BCUT2D eigenvalue weighted by Gasteiger charge is 2.23. The number of ether oxygens (including phenoxy) is 1. The van der Waals surface area contributed by atoms with Crippen molar-refractivity contribution in [3.8, 4) is 11.4 Å². The highest BCUT2D eigenvalue weighted by Crippen LogP contribution is 2.22. The van der Waals surface area contributed by atoms with E-state index in [9.17, 15) is 0 Å². The predicted molar refractivity (Wildman–Crippen MR) is 98.5 cm³/mol. The van der Waals surface area contributed by atoms with Crippen LogP contribution in [0.5, 0.6) is 0 Å². The van der Waals surface area contributed by atoms with Crippen molar-refractivity contribution in [3.63, 3.8) is 0 Å². The van der Waals surface area contributed by atoms with Gasteiger partial charge in [0.25, 0.3) is 0 Å². The molecule has 1 aromatic heterocycles. The number of benzene rings is 1. The van der Waals surface area contributed by atoms with Crippen LogP contribution in [0, 0.1) is 11.7 Å². The zero-order valence-corrected chi connectivity index (χ0v) is 15.7. The minimum atomic E-state index is 0.243. The van der Waals surface area contributed by atoms with E-state index in [2.05, 4.69) is 61.4 Å². The van der Waals surface area contributed by atoms with Crippen LogP contribution in [0.3, 0.4) is 0 Å². The molecule has 0 saturated carbocycles. The Morgan fingerprint density at radius 2 is 1.88 bits per heavy atom. The van der Waals surface area contributed by atoms with Gasteiger partial charge in [0, 0.05) is 25.2 Å². The Hall–Kier alpha value is -1.50. The van der Waals surface area contributed by atoms with Gasteiger partial charge in [0.15, 0.2) is 10.6 Å². The largest absolute Gasteiger partial charge is 0.373 e. The van der Waals surface area contributed by atoms with Crippen LogP contribution < -0.4 is 0 Å². The van der Waals surface area contributed by atoms with Gasteiger partial charge in [-0.15, -0.1) is 0 Å². The van der Waals surface area contributed by atoms with Crippen molar-refractivity contribution >= 4 is 12.2 Å². The van der Waals surface area contributed by atoms with Gasteiger partial charge >= 0.3 is 0 Å². The molecule has 0 spiro atoms. The van der Waals surface area contributed by atoms with Crippen molar-refractivity contribution in [2.75, 3.05) is 13.1 Å². The summed E-state index contributed by atoms with van der Waals surface area (Å²) in [5.74, 6) is 0.954. The lowest BCUT2D eigenvalue weighted by atomic mass is 10.1. The van der Waals surface area contributed by atoms with Gasteiger partial charge in [0.2, 0.25) is 0 Å². The standard InChI is InChI=1S/C18H26N4OS/c1-5-21-17(16-9-7-6-8-13(16)2)19-22(18(21)24)12-20-10-14(3)23-15(4)11-20/h6-9,14-15H,5,10-12H2,1-4H3/t14-,15+. The van der Waals surface area contributed by atoms with E-state index in [0.29, 0.717) is 6.67 Å². The van der Waals surface area contributed by atoms with Crippen molar-refractivity contribution in [2.45, 2.75) is 53.1 Å². The third-order valence-electron chi connectivity index (χ3n) is 4.45. The van der Waals surface area contributed by atoms with Crippen LogP contribution in [0.15, 0.2) is 24.3 Å². The number of rotatable bonds is 4. The summed E-state index contributed by atoms with van der Waals surface area (Å²) in [4.78, 5) is 2.36. The van der Waals surface area contributed by atoms with Gasteiger partial charge in [0.1, 0.15) is 0 Å². The summed E-state index contributed by atoms with van der Waals surface area (Å²) in [6.07, 6.45) is 0.485. The van der Waals surface area contributed by atoms with Crippen LogP contribution in [-0.4, -0.2) is 44.5 Å². The lowest BCUT2D eigenvalue weighted by Crippen LogP contribution is -2.46. The molecule has 24 heavy (non-hydrogen) atoms. The molecule has 2 aromatic rings. The number of hydrogen-bond donors (Lipinski definition) is 0. The van der Waals surface area contributed by atoms with Gasteiger partial charge in [-0.25, -0.2) is 4.68 Å². The Balaban J connectivity index is 1.93. The van der Waals surface area contributed by atoms with Crippen molar-refractivity contribution in [3.05, 3.63) is 34.6 Å². The van der Waals surface area contributed by atoms with Gasteiger partial charge < -0.3 is 9.30 Å². The van der Waals surface area contributed by atoms with Crippen LogP contribution in [0.1, 0.15) is 26.3 Å². The fourth-order valence-electron chi connectivity index (χ4n) is 3.43. The number of morpholine rings is 1. The molecule has 2 heterocycles. The Bertz CT molecular complexity index is 757. The number of aryl methyl sites for hydroxylation is 1. The summed E-state index contributed by atoms with van der Waals surface area (Å²) in [7, 11) is 0. The van der Waals surface area contributed by atoms with E-state index in [0.717, 1.165) is 35.8 Å². The van der Waals surface area contributed by atoms with Crippen molar-refractivity contribution in [1.82, 2.24) is 19.2 Å². The molecule has 0 amide bonds. The first-order valence-corrected chi connectivity index (χ1v) is 9.01. The quantitative estimate of drug-likeness (QED) is 0.794. The van der Waals surface area contributed by atoms with Crippen LogP contribution in [0.4, 0.5) is 0 Å². The molecule has 1 fully saturated rings. The van der Waals surface area contributed by atoms with Gasteiger partial charge in [-0.1, -0.05) is 24.3 Å². The monoisotopic (exact) mass is 346 g/mol. The highest BCUT2D eigenvalue weighted by atomic mass is 32.1. The fourth-order valence-corrected chi connectivity index (χ4v) is 3.74. The minimum absolute atomic E-state index is 0.243. The van der Waals surface area contributed by atoms with Crippen molar-refractivity contribution < 1.29 is 4.74 Å². The van der Waals surface area contributed by atoms with E-state index >= 15 is 0 Å². The van der Waals surface area contributed by atoms with E-state index in [1.807, 2.05) is 4.68 Å². The molecule has 6 heteroatoms. The molecule has 0 radical (unpaired) electrons. The molecule has 0 aliphatic carbocycles. The summed E-state index contributed by atoms with van der Waals surface area (Å²) in [6.45, 7) is 11.8. The van der Waals surface area contributed by atoms with Crippen LogP contribution in [0.25, 0.3) is 11.4 Å². The first-order chi connectivity index (χ1) is 11.5. The Morgan fingerprint density at radius 1 is 1.21 bits per heavy atom. The minimum Gasteiger partial charge on any atom is -0.373 e. The van der Waals surface area contributed by atoms with Crippen molar-refractivity contribution in [1.29, 1.82) is 0 Å². The first-order valence-electron chi connectivity index (χ1n) is 8.61. The van der Waals surface area contributed by atoms with Gasteiger partial charge in [-0.3, -0.25) is 4.90 Å². The second-order valence-corrected chi connectivity index (χ2v) is 6.96. The normalized spacial score (nSPS) is 22.0.